The van der Waals surface area contributed by atoms with Crippen molar-refractivity contribution in [2.75, 3.05) is 33.2 Å². The first-order chi connectivity index (χ1) is 15.0. The fourth-order valence-electron chi connectivity index (χ4n) is 3.23. The van der Waals surface area contributed by atoms with E-state index in [4.69, 9.17) is 21.7 Å². The van der Waals surface area contributed by atoms with Gasteiger partial charge in [0.15, 0.2) is 5.96 Å². The number of piperazine rings is 1. The molecule has 0 saturated carbocycles. The minimum Gasteiger partial charge on any atom is -0.481 e. The van der Waals surface area contributed by atoms with Gasteiger partial charge in [-0.15, -0.1) is 0 Å². The van der Waals surface area contributed by atoms with E-state index in [9.17, 15) is 24.0 Å². The Balaban J connectivity index is 2.10. The molecule has 0 aliphatic carbocycles. The number of aliphatic imine (C=N–C) groups is 1. The SMILES string of the molecule is CN(CC(=O)N1CCN(CC(=O)O)C(=O)[C@@H]1CC(=O)O)C(=O)c1ccc(N=C(N)N)cc1. The Hall–Kier alpha value is -4.16. The van der Waals surface area contributed by atoms with Crippen molar-refractivity contribution in [3.8, 4) is 0 Å². The van der Waals surface area contributed by atoms with Gasteiger partial charge < -0.3 is 36.4 Å². The number of hydrogen-bond donors (Lipinski definition) is 4. The highest BCUT2D eigenvalue weighted by atomic mass is 16.4. The summed E-state index contributed by atoms with van der Waals surface area (Å²) in [6.07, 6.45) is -0.676. The largest absolute Gasteiger partial charge is 0.481 e. The number of benzene rings is 1. The molecule has 1 aromatic carbocycles. The third kappa shape index (κ3) is 6.17. The van der Waals surface area contributed by atoms with Crippen molar-refractivity contribution in [1.29, 1.82) is 0 Å². The summed E-state index contributed by atoms with van der Waals surface area (Å²) in [5.41, 5.74) is 11.3. The molecule has 172 valence electrons. The summed E-state index contributed by atoms with van der Waals surface area (Å²) < 4.78 is 0. The van der Waals surface area contributed by atoms with Gasteiger partial charge in [-0.05, 0) is 24.3 Å². The van der Waals surface area contributed by atoms with Gasteiger partial charge in [0.1, 0.15) is 12.6 Å². The van der Waals surface area contributed by atoms with Crippen molar-refractivity contribution in [2.24, 2.45) is 16.5 Å². The lowest BCUT2D eigenvalue weighted by atomic mass is 10.1. The van der Waals surface area contributed by atoms with Gasteiger partial charge in [-0.1, -0.05) is 0 Å². The third-order valence-corrected chi connectivity index (χ3v) is 4.69. The van der Waals surface area contributed by atoms with Crippen LogP contribution >= 0.6 is 0 Å². The van der Waals surface area contributed by atoms with Gasteiger partial charge in [-0.2, -0.15) is 0 Å². The molecular formula is C19H24N6O7. The lowest BCUT2D eigenvalue weighted by Gasteiger charge is -2.40. The molecule has 0 bridgehead atoms. The zero-order valence-electron chi connectivity index (χ0n) is 17.3. The summed E-state index contributed by atoms with van der Waals surface area (Å²) in [6.45, 7) is -1.11. The average Bonchev–Trinajstić information content (AvgIpc) is 2.70. The van der Waals surface area contributed by atoms with Crippen LogP contribution in [0, 0.1) is 0 Å². The van der Waals surface area contributed by atoms with E-state index in [1.54, 1.807) is 0 Å². The molecular weight excluding hydrogens is 424 g/mol. The van der Waals surface area contributed by atoms with Gasteiger partial charge in [-0.3, -0.25) is 24.0 Å². The van der Waals surface area contributed by atoms with Gasteiger partial charge in [0.05, 0.1) is 18.7 Å². The van der Waals surface area contributed by atoms with Crippen molar-refractivity contribution in [1.82, 2.24) is 14.7 Å². The molecule has 32 heavy (non-hydrogen) atoms. The van der Waals surface area contributed by atoms with Gasteiger partial charge in [0, 0.05) is 25.7 Å². The van der Waals surface area contributed by atoms with Crippen LogP contribution in [-0.2, 0) is 19.2 Å². The lowest BCUT2D eigenvalue weighted by Crippen LogP contribution is -2.61. The van der Waals surface area contributed by atoms with Crippen LogP contribution in [0.3, 0.4) is 0 Å². The first kappa shape index (κ1) is 24.1. The second-order valence-electron chi connectivity index (χ2n) is 7.10. The average molecular weight is 448 g/mol. The number of carbonyl (C=O) groups is 5. The Labute approximate surface area is 182 Å². The topological polar surface area (TPSA) is 200 Å². The molecule has 1 atom stereocenters. The Morgan fingerprint density at radius 3 is 2.25 bits per heavy atom. The maximum atomic E-state index is 12.8. The number of carboxylic acids is 2. The number of carbonyl (C=O) groups excluding carboxylic acids is 3. The van der Waals surface area contributed by atoms with Crippen molar-refractivity contribution in [2.45, 2.75) is 12.5 Å². The summed E-state index contributed by atoms with van der Waals surface area (Å²) in [7, 11) is 1.39. The number of guanidine groups is 1. The molecule has 1 heterocycles. The van der Waals surface area contributed by atoms with E-state index in [0.29, 0.717) is 5.69 Å². The third-order valence-electron chi connectivity index (χ3n) is 4.69. The molecule has 2 rings (SSSR count). The molecule has 3 amide bonds. The van der Waals surface area contributed by atoms with Crippen LogP contribution in [0.1, 0.15) is 16.8 Å². The Morgan fingerprint density at radius 1 is 1.09 bits per heavy atom. The molecule has 0 unspecified atom stereocenters. The van der Waals surface area contributed by atoms with Gasteiger partial charge in [0.2, 0.25) is 11.8 Å². The number of likely N-dealkylation sites (N-methyl/N-ethyl adjacent to an activating group) is 1. The Morgan fingerprint density at radius 2 is 1.72 bits per heavy atom. The first-order valence-electron chi connectivity index (χ1n) is 9.46. The molecule has 13 heteroatoms. The van der Waals surface area contributed by atoms with E-state index in [0.717, 1.165) is 14.7 Å². The van der Waals surface area contributed by atoms with Crippen LogP contribution in [-0.4, -0.2) is 99.8 Å². The molecule has 0 radical (unpaired) electrons. The van der Waals surface area contributed by atoms with Crippen LogP contribution in [0.5, 0.6) is 0 Å². The Kier molecular flexibility index (Phi) is 7.71. The van der Waals surface area contributed by atoms with E-state index in [-0.39, 0.29) is 24.6 Å². The van der Waals surface area contributed by atoms with Crippen LogP contribution in [0.15, 0.2) is 29.3 Å². The number of amides is 3. The lowest BCUT2D eigenvalue weighted by molar-refractivity contribution is -0.158. The fraction of sp³-hybridized carbons (Fsp3) is 0.368. The molecule has 13 nitrogen and oxygen atoms in total. The second kappa shape index (κ2) is 10.2. The minimum atomic E-state index is -1.35. The maximum absolute atomic E-state index is 12.8. The Bertz CT molecular complexity index is 942. The fourth-order valence-corrected chi connectivity index (χ4v) is 3.23. The highest BCUT2D eigenvalue weighted by Gasteiger charge is 2.39. The highest BCUT2D eigenvalue weighted by molar-refractivity contribution is 5.98. The van der Waals surface area contributed by atoms with E-state index in [2.05, 4.69) is 4.99 Å². The summed E-state index contributed by atoms with van der Waals surface area (Å²) in [5, 5.41) is 18.1. The van der Waals surface area contributed by atoms with Crippen molar-refractivity contribution in [3.63, 3.8) is 0 Å². The number of rotatable bonds is 8. The molecule has 1 aliphatic rings. The monoisotopic (exact) mass is 448 g/mol. The molecule has 0 aromatic heterocycles. The highest BCUT2D eigenvalue weighted by Crippen LogP contribution is 2.17. The van der Waals surface area contributed by atoms with Crippen molar-refractivity contribution < 1.29 is 34.2 Å². The normalized spacial score (nSPS) is 15.8. The minimum absolute atomic E-state index is 0.0506. The molecule has 1 aliphatic heterocycles. The second-order valence-corrected chi connectivity index (χ2v) is 7.10. The van der Waals surface area contributed by atoms with E-state index < -0.39 is 55.2 Å². The van der Waals surface area contributed by atoms with E-state index >= 15 is 0 Å². The zero-order valence-corrected chi connectivity index (χ0v) is 17.3. The van der Waals surface area contributed by atoms with E-state index in [1.165, 1.54) is 31.3 Å². The van der Waals surface area contributed by atoms with Crippen molar-refractivity contribution >= 4 is 41.3 Å². The van der Waals surface area contributed by atoms with Crippen LogP contribution in [0.25, 0.3) is 0 Å². The molecule has 6 N–H and O–H groups in total. The summed E-state index contributed by atoms with van der Waals surface area (Å²) in [6, 6.07) is 4.65. The number of nitrogens with zero attached hydrogens (tertiary/aromatic N) is 4. The van der Waals surface area contributed by atoms with Gasteiger partial charge >= 0.3 is 11.9 Å². The smallest absolute Gasteiger partial charge is 0.323 e. The summed E-state index contributed by atoms with van der Waals surface area (Å²) in [5.74, 6) is -4.58. The van der Waals surface area contributed by atoms with Crippen LogP contribution < -0.4 is 11.5 Å². The molecule has 0 spiro atoms. The predicted molar refractivity (Wildman–Crippen MR) is 111 cm³/mol. The van der Waals surface area contributed by atoms with Crippen molar-refractivity contribution in [3.05, 3.63) is 29.8 Å². The predicted octanol–water partition coefficient (Wildman–Crippen LogP) is -1.74. The van der Waals surface area contributed by atoms with E-state index in [1.807, 2.05) is 0 Å². The summed E-state index contributed by atoms with van der Waals surface area (Å²) >= 11 is 0. The number of hydrogen-bond acceptors (Lipinski definition) is 6. The van der Waals surface area contributed by atoms with Gasteiger partial charge in [-0.25, -0.2) is 4.99 Å². The zero-order chi connectivity index (χ0) is 24.0. The number of nitrogens with two attached hydrogens (primary N) is 2. The number of carboxylic acid groups (broad SMARTS) is 2. The molecule has 1 fully saturated rings. The summed E-state index contributed by atoms with van der Waals surface area (Å²) in [4.78, 5) is 67.2. The standard InChI is InChI=1S/C19H24N6O7/c1-23(17(31)11-2-4-12(5-3-11)22-19(20)21)9-14(26)25-7-6-24(10-16(29)30)18(32)13(25)8-15(27)28/h2-5,13H,6-10H2,1H3,(H,27,28)(H,29,30)(H4,20,21,22)/t13-/m0/s1. The molecule has 1 aromatic rings. The van der Waals surface area contributed by atoms with Crippen LogP contribution in [0.4, 0.5) is 5.69 Å². The molecule has 1 saturated heterocycles. The van der Waals surface area contributed by atoms with Crippen LogP contribution in [0.2, 0.25) is 0 Å². The maximum Gasteiger partial charge on any atom is 0.323 e. The first-order valence-corrected chi connectivity index (χ1v) is 9.46. The quantitative estimate of drug-likeness (QED) is 0.263. The van der Waals surface area contributed by atoms with Gasteiger partial charge in [0.25, 0.3) is 5.91 Å². The number of aliphatic carboxylic acids is 2.